The standard InChI is InChI=1S/C15H15N5OS/c1-10(13-7-4-8-22-13)15(21)16-12-6-3-5-11(9-12)14-17-18-19-20(14)2/h3-10H,1-2H3,(H,16,21). The molecular formula is C15H15N5OS. The van der Waals surface area contributed by atoms with Crippen molar-refractivity contribution in [2.75, 3.05) is 5.32 Å². The second-order valence-electron chi connectivity index (χ2n) is 4.93. The molecule has 3 rings (SSSR count). The van der Waals surface area contributed by atoms with Crippen LogP contribution in [0.15, 0.2) is 41.8 Å². The first-order chi connectivity index (χ1) is 10.6. The predicted molar refractivity (Wildman–Crippen MR) is 85.6 cm³/mol. The molecule has 6 nitrogen and oxygen atoms in total. The maximum atomic E-state index is 12.3. The Labute approximate surface area is 131 Å². The van der Waals surface area contributed by atoms with Gasteiger partial charge in [0.2, 0.25) is 5.91 Å². The van der Waals surface area contributed by atoms with Gasteiger partial charge in [0.1, 0.15) is 0 Å². The highest BCUT2D eigenvalue weighted by Crippen LogP contribution is 2.24. The number of hydrogen-bond acceptors (Lipinski definition) is 5. The summed E-state index contributed by atoms with van der Waals surface area (Å²) < 4.78 is 1.59. The van der Waals surface area contributed by atoms with E-state index in [-0.39, 0.29) is 11.8 Å². The number of carbonyl (C=O) groups excluding carboxylic acids is 1. The van der Waals surface area contributed by atoms with Crippen molar-refractivity contribution in [2.45, 2.75) is 12.8 Å². The average molecular weight is 313 g/mol. The van der Waals surface area contributed by atoms with Gasteiger partial charge in [-0.15, -0.1) is 16.4 Å². The quantitative estimate of drug-likeness (QED) is 0.804. The van der Waals surface area contributed by atoms with Crippen LogP contribution in [-0.2, 0) is 11.8 Å². The third-order valence-corrected chi connectivity index (χ3v) is 4.43. The summed E-state index contributed by atoms with van der Waals surface area (Å²) >= 11 is 1.58. The summed E-state index contributed by atoms with van der Waals surface area (Å²) in [7, 11) is 1.78. The zero-order valence-electron chi connectivity index (χ0n) is 12.2. The third kappa shape index (κ3) is 2.89. The number of tetrazole rings is 1. The Morgan fingerprint density at radius 2 is 2.18 bits per heavy atom. The molecule has 1 amide bonds. The first-order valence-corrected chi connectivity index (χ1v) is 7.70. The number of aromatic nitrogens is 4. The molecule has 0 aliphatic rings. The van der Waals surface area contributed by atoms with E-state index in [9.17, 15) is 4.79 Å². The monoisotopic (exact) mass is 313 g/mol. The maximum Gasteiger partial charge on any atom is 0.232 e. The van der Waals surface area contributed by atoms with Gasteiger partial charge in [-0.1, -0.05) is 18.2 Å². The van der Waals surface area contributed by atoms with Crippen molar-refractivity contribution in [3.63, 3.8) is 0 Å². The summed E-state index contributed by atoms with van der Waals surface area (Å²) in [5.41, 5.74) is 1.59. The molecule has 1 N–H and O–H groups in total. The Hall–Kier alpha value is -2.54. The van der Waals surface area contributed by atoms with Gasteiger partial charge in [0.15, 0.2) is 5.82 Å². The lowest BCUT2D eigenvalue weighted by molar-refractivity contribution is -0.117. The molecule has 2 aromatic heterocycles. The molecule has 0 saturated carbocycles. The zero-order chi connectivity index (χ0) is 15.5. The highest BCUT2D eigenvalue weighted by molar-refractivity contribution is 7.10. The SMILES string of the molecule is CC(C(=O)Nc1cccc(-c2nnnn2C)c1)c1cccs1. The number of rotatable bonds is 4. The van der Waals surface area contributed by atoms with Crippen molar-refractivity contribution in [1.82, 2.24) is 20.2 Å². The van der Waals surface area contributed by atoms with Gasteiger partial charge in [-0.3, -0.25) is 4.79 Å². The topological polar surface area (TPSA) is 72.7 Å². The van der Waals surface area contributed by atoms with Crippen LogP contribution in [-0.4, -0.2) is 26.1 Å². The number of hydrogen-bond donors (Lipinski definition) is 1. The van der Waals surface area contributed by atoms with Crippen molar-refractivity contribution < 1.29 is 4.79 Å². The number of anilines is 1. The lowest BCUT2D eigenvalue weighted by atomic mass is 10.1. The largest absolute Gasteiger partial charge is 0.326 e. The van der Waals surface area contributed by atoms with Gasteiger partial charge in [0.05, 0.1) is 5.92 Å². The Morgan fingerprint density at radius 1 is 1.32 bits per heavy atom. The Morgan fingerprint density at radius 3 is 2.86 bits per heavy atom. The number of nitrogens with one attached hydrogen (secondary N) is 1. The normalized spacial score (nSPS) is 12.1. The molecular weight excluding hydrogens is 298 g/mol. The summed E-state index contributed by atoms with van der Waals surface area (Å²) in [5, 5.41) is 16.3. The van der Waals surface area contributed by atoms with Crippen LogP contribution in [0.2, 0.25) is 0 Å². The fourth-order valence-electron chi connectivity index (χ4n) is 2.13. The van der Waals surface area contributed by atoms with Crippen molar-refractivity contribution in [1.29, 1.82) is 0 Å². The number of thiophene rings is 1. The van der Waals surface area contributed by atoms with Crippen LogP contribution in [0.4, 0.5) is 5.69 Å². The Balaban J connectivity index is 1.79. The zero-order valence-corrected chi connectivity index (χ0v) is 13.0. The molecule has 0 spiro atoms. The molecule has 0 saturated heterocycles. The number of carbonyl (C=O) groups is 1. The average Bonchev–Trinajstić information content (AvgIpc) is 3.18. The van der Waals surface area contributed by atoms with Crippen LogP contribution in [0.3, 0.4) is 0 Å². The Kier molecular flexibility index (Phi) is 3.97. The summed E-state index contributed by atoms with van der Waals surface area (Å²) in [6.07, 6.45) is 0. The van der Waals surface area contributed by atoms with Crippen molar-refractivity contribution in [3.05, 3.63) is 46.7 Å². The number of nitrogens with zero attached hydrogens (tertiary/aromatic N) is 4. The van der Waals surface area contributed by atoms with E-state index in [1.807, 2.05) is 48.7 Å². The molecule has 0 radical (unpaired) electrons. The number of benzene rings is 1. The van der Waals surface area contributed by atoms with Gasteiger partial charge in [0.25, 0.3) is 0 Å². The van der Waals surface area contributed by atoms with Crippen LogP contribution >= 0.6 is 11.3 Å². The van der Waals surface area contributed by atoms with E-state index in [4.69, 9.17) is 0 Å². The minimum atomic E-state index is -0.180. The van der Waals surface area contributed by atoms with Crippen molar-refractivity contribution in [2.24, 2.45) is 7.05 Å². The Bertz CT molecular complexity index is 781. The molecule has 22 heavy (non-hydrogen) atoms. The molecule has 1 aromatic carbocycles. The van der Waals surface area contributed by atoms with Gasteiger partial charge >= 0.3 is 0 Å². The first-order valence-electron chi connectivity index (χ1n) is 6.82. The summed E-state index contributed by atoms with van der Waals surface area (Å²) in [5.74, 6) is 0.443. The summed E-state index contributed by atoms with van der Waals surface area (Å²) in [6, 6.07) is 11.4. The predicted octanol–water partition coefficient (Wildman–Crippen LogP) is 2.68. The molecule has 1 unspecified atom stereocenters. The fraction of sp³-hybridized carbons (Fsp3) is 0.200. The lowest BCUT2D eigenvalue weighted by Gasteiger charge is -2.11. The van der Waals surface area contributed by atoms with Crippen LogP contribution in [0.25, 0.3) is 11.4 Å². The van der Waals surface area contributed by atoms with Crippen molar-refractivity contribution >= 4 is 22.9 Å². The van der Waals surface area contributed by atoms with Gasteiger partial charge in [-0.2, -0.15) is 0 Å². The van der Waals surface area contributed by atoms with E-state index < -0.39 is 0 Å². The summed E-state index contributed by atoms with van der Waals surface area (Å²) in [4.78, 5) is 13.4. The minimum absolute atomic E-state index is 0.0318. The molecule has 7 heteroatoms. The highest BCUT2D eigenvalue weighted by atomic mass is 32.1. The summed E-state index contributed by atoms with van der Waals surface area (Å²) in [6.45, 7) is 1.90. The molecule has 2 heterocycles. The van der Waals surface area contributed by atoms with Gasteiger partial charge in [-0.05, 0) is 40.9 Å². The number of amides is 1. The van der Waals surface area contributed by atoms with E-state index in [1.165, 1.54) is 0 Å². The van der Waals surface area contributed by atoms with Crippen molar-refractivity contribution in [3.8, 4) is 11.4 Å². The molecule has 0 aliphatic heterocycles. The van der Waals surface area contributed by atoms with Crippen LogP contribution in [0.1, 0.15) is 17.7 Å². The molecule has 3 aromatic rings. The molecule has 0 bridgehead atoms. The van der Waals surface area contributed by atoms with Gasteiger partial charge in [0, 0.05) is 23.2 Å². The maximum absolute atomic E-state index is 12.3. The van der Waals surface area contributed by atoms with E-state index in [2.05, 4.69) is 20.8 Å². The molecule has 0 fully saturated rings. The smallest absolute Gasteiger partial charge is 0.232 e. The van der Waals surface area contributed by atoms with Gasteiger partial charge < -0.3 is 5.32 Å². The molecule has 0 aliphatic carbocycles. The number of aryl methyl sites for hydroxylation is 1. The van der Waals surface area contributed by atoms with Crippen LogP contribution in [0, 0.1) is 0 Å². The molecule has 112 valence electrons. The van der Waals surface area contributed by atoms with Gasteiger partial charge in [-0.25, -0.2) is 4.68 Å². The van der Waals surface area contributed by atoms with E-state index in [0.717, 1.165) is 16.1 Å². The van der Waals surface area contributed by atoms with E-state index in [1.54, 1.807) is 23.1 Å². The first kappa shape index (κ1) is 14.4. The van der Waals surface area contributed by atoms with Crippen LogP contribution in [0.5, 0.6) is 0 Å². The molecule has 1 atom stereocenters. The highest BCUT2D eigenvalue weighted by Gasteiger charge is 2.16. The van der Waals surface area contributed by atoms with E-state index in [0.29, 0.717) is 5.82 Å². The fourth-order valence-corrected chi connectivity index (χ4v) is 2.91. The minimum Gasteiger partial charge on any atom is -0.326 e. The second kappa shape index (κ2) is 6.07. The van der Waals surface area contributed by atoms with Crippen LogP contribution < -0.4 is 5.32 Å². The third-order valence-electron chi connectivity index (χ3n) is 3.37. The van der Waals surface area contributed by atoms with E-state index >= 15 is 0 Å². The second-order valence-corrected chi connectivity index (χ2v) is 5.91. The lowest BCUT2D eigenvalue weighted by Crippen LogP contribution is -2.18.